The second-order valence-electron chi connectivity index (χ2n) is 6.97. The number of carbonyl (C=O) groups is 2. The number of benzene rings is 1. The maximum Gasteiger partial charge on any atom is 0.337 e. The van der Waals surface area contributed by atoms with Crippen molar-refractivity contribution in [3.8, 4) is 0 Å². The average Bonchev–Trinajstić information content (AvgIpc) is 2.73. The van der Waals surface area contributed by atoms with E-state index in [-0.39, 0.29) is 19.0 Å². The van der Waals surface area contributed by atoms with Crippen molar-refractivity contribution in [3.05, 3.63) is 35.4 Å². The van der Waals surface area contributed by atoms with Crippen LogP contribution in [0, 0.1) is 0 Å². The summed E-state index contributed by atoms with van der Waals surface area (Å²) >= 11 is 0. The highest BCUT2D eigenvalue weighted by Gasteiger charge is 2.34. The lowest BCUT2D eigenvalue weighted by Gasteiger charge is -2.39. The molecule has 0 atom stereocenters. The normalized spacial score (nSPS) is 20.1. The van der Waals surface area contributed by atoms with E-state index < -0.39 is 16.2 Å². The van der Waals surface area contributed by atoms with E-state index in [9.17, 15) is 18.0 Å². The van der Waals surface area contributed by atoms with Crippen LogP contribution in [0.15, 0.2) is 24.3 Å². The van der Waals surface area contributed by atoms with Crippen LogP contribution < -0.4 is 0 Å². The van der Waals surface area contributed by atoms with Crippen molar-refractivity contribution in [3.63, 3.8) is 0 Å². The molecule has 154 valence electrons. The van der Waals surface area contributed by atoms with Gasteiger partial charge >= 0.3 is 5.97 Å². The molecule has 2 aliphatic rings. The van der Waals surface area contributed by atoms with Crippen LogP contribution in [0.5, 0.6) is 0 Å². The van der Waals surface area contributed by atoms with Gasteiger partial charge in [-0.15, -0.1) is 0 Å². The van der Waals surface area contributed by atoms with E-state index in [1.807, 2.05) is 7.05 Å². The van der Waals surface area contributed by atoms with Crippen molar-refractivity contribution in [1.82, 2.24) is 18.4 Å². The number of hydrogen-bond donors (Lipinski definition) is 0. The number of nitrogens with zero attached hydrogens (tertiary/aromatic N) is 4. The van der Waals surface area contributed by atoms with E-state index >= 15 is 0 Å². The molecule has 1 amide bonds. The summed E-state index contributed by atoms with van der Waals surface area (Å²) in [6, 6.07) is 6.27. The molecule has 2 fully saturated rings. The molecule has 9 nitrogen and oxygen atoms in total. The molecule has 0 unspecified atom stereocenters. The largest absolute Gasteiger partial charge is 0.465 e. The molecule has 0 aromatic heterocycles. The van der Waals surface area contributed by atoms with E-state index in [1.165, 1.54) is 15.7 Å². The minimum absolute atomic E-state index is 0.173. The summed E-state index contributed by atoms with van der Waals surface area (Å²) in [7, 11) is -0.209. The number of carbonyl (C=O) groups excluding carboxylic acids is 2. The van der Waals surface area contributed by atoms with E-state index in [0.717, 1.165) is 13.1 Å². The van der Waals surface area contributed by atoms with Gasteiger partial charge in [0.15, 0.2) is 0 Å². The minimum atomic E-state index is -3.49. The highest BCUT2D eigenvalue weighted by Crippen LogP contribution is 2.16. The van der Waals surface area contributed by atoms with Gasteiger partial charge < -0.3 is 14.5 Å². The van der Waals surface area contributed by atoms with E-state index in [4.69, 9.17) is 0 Å². The molecule has 0 aliphatic carbocycles. The number of ether oxygens (including phenoxy) is 1. The van der Waals surface area contributed by atoms with Gasteiger partial charge in [-0.05, 0) is 31.3 Å². The van der Waals surface area contributed by atoms with Gasteiger partial charge in [0.1, 0.15) is 0 Å². The number of hydrogen-bond acceptors (Lipinski definition) is 6. The maximum atomic E-state index is 12.8. The van der Waals surface area contributed by atoms with Gasteiger partial charge in [-0.3, -0.25) is 4.79 Å². The summed E-state index contributed by atoms with van der Waals surface area (Å²) in [6.07, 6.45) is 0. The molecule has 28 heavy (non-hydrogen) atoms. The first kappa shape index (κ1) is 20.7. The molecule has 3 rings (SSSR count). The summed E-state index contributed by atoms with van der Waals surface area (Å²) in [6.45, 7) is 3.66. The predicted molar refractivity (Wildman–Crippen MR) is 103 cm³/mol. The number of esters is 1. The van der Waals surface area contributed by atoms with Crippen LogP contribution in [0.4, 0.5) is 0 Å². The smallest absolute Gasteiger partial charge is 0.337 e. The standard InChI is InChI=1S/C18H26N4O5S/c1-19-7-11-21(12-8-19)28(25,26)22-13-9-20(10-14-22)17(23)15-3-5-16(6-4-15)18(24)27-2/h3-6H,7-14H2,1-2H3. The van der Waals surface area contributed by atoms with Crippen LogP contribution >= 0.6 is 0 Å². The molecule has 2 heterocycles. The van der Waals surface area contributed by atoms with E-state index in [1.54, 1.807) is 29.2 Å². The fourth-order valence-electron chi connectivity index (χ4n) is 3.35. The van der Waals surface area contributed by atoms with Crippen LogP contribution in [-0.4, -0.2) is 105 Å². The lowest BCUT2D eigenvalue weighted by atomic mass is 10.1. The van der Waals surface area contributed by atoms with Crippen molar-refractivity contribution in [2.24, 2.45) is 0 Å². The SMILES string of the molecule is COC(=O)c1ccc(C(=O)N2CCN(S(=O)(=O)N3CCN(C)CC3)CC2)cc1. The first-order valence-corrected chi connectivity index (χ1v) is 10.6. The van der Waals surface area contributed by atoms with Crippen molar-refractivity contribution < 1.29 is 22.7 Å². The van der Waals surface area contributed by atoms with Crippen LogP contribution in [0.1, 0.15) is 20.7 Å². The third-order valence-corrected chi connectivity index (χ3v) is 7.23. The zero-order chi connectivity index (χ0) is 20.3. The Labute approximate surface area is 165 Å². The quantitative estimate of drug-likeness (QED) is 0.635. The molecule has 10 heteroatoms. The summed E-state index contributed by atoms with van der Waals surface area (Å²) in [4.78, 5) is 27.9. The first-order chi connectivity index (χ1) is 13.3. The Hall–Kier alpha value is -2.01. The third-order valence-electron chi connectivity index (χ3n) is 5.19. The third kappa shape index (κ3) is 4.35. The number of likely N-dealkylation sites (N-methyl/N-ethyl adjacent to an activating group) is 1. The average molecular weight is 410 g/mol. The first-order valence-electron chi connectivity index (χ1n) is 9.24. The van der Waals surface area contributed by atoms with Crippen molar-refractivity contribution in [1.29, 1.82) is 0 Å². The lowest BCUT2D eigenvalue weighted by molar-refractivity contribution is 0.0599. The number of amides is 1. The second-order valence-corrected chi connectivity index (χ2v) is 8.90. The fraction of sp³-hybridized carbons (Fsp3) is 0.556. The zero-order valence-corrected chi connectivity index (χ0v) is 17.0. The predicted octanol–water partition coefficient (Wildman–Crippen LogP) is -0.277. The molecular weight excluding hydrogens is 384 g/mol. The maximum absolute atomic E-state index is 12.8. The molecule has 2 saturated heterocycles. The Morgan fingerprint density at radius 1 is 0.821 bits per heavy atom. The van der Waals surface area contributed by atoms with Gasteiger partial charge in [0.25, 0.3) is 16.1 Å². The van der Waals surface area contributed by atoms with Gasteiger partial charge in [0, 0.05) is 57.9 Å². The van der Waals surface area contributed by atoms with Crippen molar-refractivity contribution >= 4 is 22.1 Å². The Kier molecular flexibility index (Phi) is 6.33. The fourth-order valence-corrected chi connectivity index (χ4v) is 4.93. The molecule has 0 spiro atoms. The van der Waals surface area contributed by atoms with Crippen molar-refractivity contribution in [2.45, 2.75) is 0 Å². The summed E-state index contributed by atoms with van der Waals surface area (Å²) < 4.78 is 33.3. The minimum Gasteiger partial charge on any atom is -0.465 e. The number of piperazine rings is 2. The van der Waals surface area contributed by atoms with Gasteiger partial charge in [-0.2, -0.15) is 17.0 Å². The van der Waals surface area contributed by atoms with Gasteiger partial charge in [0.2, 0.25) is 0 Å². The summed E-state index contributed by atoms with van der Waals surface area (Å²) in [5, 5.41) is 0. The van der Waals surface area contributed by atoms with E-state index in [2.05, 4.69) is 9.64 Å². The Bertz CT molecular complexity index is 811. The Balaban J connectivity index is 1.58. The number of rotatable bonds is 4. The van der Waals surface area contributed by atoms with Gasteiger partial charge in [0.05, 0.1) is 12.7 Å². The van der Waals surface area contributed by atoms with Crippen LogP contribution in [0.2, 0.25) is 0 Å². The molecule has 1 aromatic rings. The van der Waals surface area contributed by atoms with Crippen LogP contribution in [-0.2, 0) is 14.9 Å². The van der Waals surface area contributed by atoms with Gasteiger partial charge in [-0.1, -0.05) is 0 Å². The zero-order valence-electron chi connectivity index (χ0n) is 16.2. The second kappa shape index (κ2) is 8.56. The molecule has 2 aliphatic heterocycles. The highest BCUT2D eigenvalue weighted by atomic mass is 32.2. The summed E-state index contributed by atoms with van der Waals surface area (Å²) in [5.41, 5.74) is 0.838. The topological polar surface area (TPSA) is 90.5 Å². The Morgan fingerprint density at radius 3 is 1.79 bits per heavy atom. The van der Waals surface area contributed by atoms with Crippen LogP contribution in [0.3, 0.4) is 0 Å². The molecule has 0 N–H and O–H groups in total. The molecule has 0 saturated carbocycles. The van der Waals surface area contributed by atoms with E-state index in [0.29, 0.717) is 37.3 Å². The molecule has 1 aromatic carbocycles. The number of methoxy groups -OCH3 is 1. The Morgan fingerprint density at radius 2 is 1.29 bits per heavy atom. The molecule has 0 radical (unpaired) electrons. The summed E-state index contributed by atoms with van der Waals surface area (Å²) in [5.74, 6) is -0.630. The van der Waals surface area contributed by atoms with Crippen LogP contribution in [0.25, 0.3) is 0 Å². The lowest BCUT2D eigenvalue weighted by Crippen LogP contribution is -2.57. The van der Waals surface area contributed by atoms with Gasteiger partial charge in [-0.25, -0.2) is 4.79 Å². The monoisotopic (exact) mass is 410 g/mol. The molecule has 0 bridgehead atoms. The molecular formula is C18H26N4O5S. The van der Waals surface area contributed by atoms with Crippen molar-refractivity contribution in [2.75, 3.05) is 66.5 Å². The highest BCUT2D eigenvalue weighted by molar-refractivity contribution is 7.86.